The van der Waals surface area contributed by atoms with Crippen LogP contribution in [0.25, 0.3) is 0 Å². The van der Waals surface area contributed by atoms with Gasteiger partial charge < -0.3 is 17.2 Å². The average molecular weight is 801 g/mol. The second kappa shape index (κ2) is 20.2. The van der Waals surface area contributed by atoms with Gasteiger partial charge in [0.25, 0.3) is 0 Å². The molecule has 15 heteroatoms. The summed E-state index contributed by atoms with van der Waals surface area (Å²) in [5.41, 5.74) is 5.34. The van der Waals surface area contributed by atoms with E-state index in [4.69, 9.17) is 33.7 Å². The molecule has 1 aliphatic heterocycles. The van der Waals surface area contributed by atoms with Crippen LogP contribution in [0.5, 0.6) is 0 Å². The van der Waals surface area contributed by atoms with Gasteiger partial charge in [-0.25, -0.2) is 9.97 Å². The predicted molar refractivity (Wildman–Crippen MR) is 166 cm³/mol. The first kappa shape index (κ1) is 37.2. The Hall–Kier alpha value is -0.750. The molecule has 3 N–H and O–H groups in total. The molecule has 1 fully saturated rings. The van der Waals surface area contributed by atoms with Gasteiger partial charge in [-0.1, -0.05) is 30.6 Å². The molecule has 0 atom stereocenters. The molecule has 0 radical (unpaired) electrons. The molecule has 1 aliphatic rings. The standard InChI is InChI=1S/C9H8ClIN4.C5H2ClFIN.C4H7N3.C4H8O.CH4.Na.H/c1-15-9(2-3-13-15)14-8-4-7(11)6(10)5-12-8;6-3-2-9-5(7)1-4(3)8;1-7-4(5)2-3-6-7;1-2-4-5-3-1;;;/h2-5H,1H3,(H,12,14);1-2H;2-3H,5H2,1H3;1-4H2;1H4;;/q;;;;;+1;-1. The Kier molecular flexibility index (Phi) is 19.8. The molecule has 9 nitrogen and oxygen atoms in total. The summed E-state index contributed by atoms with van der Waals surface area (Å²) in [6.07, 6.45) is 8.86. The third-order valence-corrected chi connectivity index (χ3v) is 7.37. The zero-order valence-corrected chi connectivity index (χ0v) is 28.3. The van der Waals surface area contributed by atoms with Crippen LogP contribution in [0.4, 0.5) is 21.8 Å². The van der Waals surface area contributed by atoms with Gasteiger partial charge in [0, 0.05) is 59.0 Å². The molecule has 0 amide bonds. The molecule has 5 heterocycles. The first-order valence-electron chi connectivity index (χ1n) is 10.5. The Balaban J connectivity index is 0. The van der Waals surface area contributed by atoms with E-state index in [-0.39, 0.29) is 38.4 Å². The molecule has 5 rings (SSSR count). The van der Waals surface area contributed by atoms with Gasteiger partial charge >= 0.3 is 29.6 Å². The van der Waals surface area contributed by atoms with Crippen molar-refractivity contribution in [2.75, 3.05) is 24.3 Å². The van der Waals surface area contributed by atoms with Crippen LogP contribution < -0.4 is 40.6 Å². The number of nitrogens with one attached hydrogen (secondary N) is 1. The van der Waals surface area contributed by atoms with Crippen molar-refractivity contribution in [2.24, 2.45) is 14.1 Å². The number of rotatable bonds is 2. The van der Waals surface area contributed by atoms with Gasteiger partial charge in [-0.3, -0.25) is 9.36 Å². The van der Waals surface area contributed by atoms with E-state index in [9.17, 15) is 4.39 Å². The van der Waals surface area contributed by atoms with E-state index in [0.29, 0.717) is 19.4 Å². The van der Waals surface area contributed by atoms with E-state index >= 15 is 0 Å². The number of nitrogens with two attached hydrogens (primary N) is 1. The SMILES string of the molecule is C.C1CCOC1.Cn1nccc1N.Cn1nccc1Nc1cc(I)c(Cl)cn1.Fc1cc(I)c(Cl)cn1.[H-].[Na+]. The summed E-state index contributed by atoms with van der Waals surface area (Å²) in [7, 11) is 3.67. The molecule has 0 bridgehead atoms. The fourth-order valence-electron chi connectivity index (χ4n) is 2.40. The third-order valence-electron chi connectivity index (χ3n) is 4.35. The van der Waals surface area contributed by atoms with Gasteiger partial charge in [-0.15, -0.1) is 0 Å². The number of halogens is 5. The number of nitrogen functional groups attached to an aromatic ring is 1. The molecule has 0 unspecified atom stereocenters. The largest absolute Gasteiger partial charge is 1.00 e. The molecule has 4 aromatic heterocycles. The van der Waals surface area contributed by atoms with Crippen LogP contribution >= 0.6 is 68.4 Å². The summed E-state index contributed by atoms with van der Waals surface area (Å²) in [4.78, 5) is 7.50. The minimum Gasteiger partial charge on any atom is -1.00 e. The topological polar surface area (TPSA) is 109 Å². The van der Waals surface area contributed by atoms with Crippen LogP contribution in [0.3, 0.4) is 0 Å². The molecule has 1 saturated heterocycles. The van der Waals surface area contributed by atoms with Crippen molar-refractivity contribution >= 4 is 85.8 Å². The summed E-state index contributed by atoms with van der Waals surface area (Å²) in [5.74, 6) is 1.84. The van der Waals surface area contributed by atoms with Crippen LogP contribution in [0.2, 0.25) is 10.0 Å². The van der Waals surface area contributed by atoms with Crippen molar-refractivity contribution in [2.45, 2.75) is 20.3 Å². The minimum absolute atomic E-state index is 0. The van der Waals surface area contributed by atoms with Crippen molar-refractivity contribution in [1.82, 2.24) is 29.5 Å². The molecule has 0 aromatic carbocycles. The summed E-state index contributed by atoms with van der Waals surface area (Å²) in [5, 5.41) is 12.1. The summed E-state index contributed by atoms with van der Waals surface area (Å²) in [6, 6.07) is 6.79. The fourth-order valence-corrected chi connectivity index (χ4v) is 3.43. The zero-order chi connectivity index (χ0) is 26.5. The number of nitrogens with zero attached hydrogens (tertiary/aromatic N) is 6. The summed E-state index contributed by atoms with van der Waals surface area (Å²) >= 11 is 15.5. The number of ether oxygens (including phenoxy) is 1. The van der Waals surface area contributed by atoms with E-state index in [1.807, 2.05) is 41.8 Å². The van der Waals surface area contributed by atoms with Gasteiger partial charge in [0.05, 0.1) is 22.4 Å². The second-order valence-corrected chi connectivity index (χ2v) is 10.2. The van der Waals surface area contributed by atoms with Crippen molar-refractivity contribution in [3.8, 4) is 0 Å². The first-order chi connectivity index (χ1) is 17.2. The van der Waals surface area contributed by atoms with Gasteiger partial charge in [0.2, 0.25) is 5.95 Å². The number of aromatic nitrogens is 6. The average Bonchev–Trinajstić information content (AvgIpc) is 3.62. The normalized spacial score (nSPS) is 11.2. The van der Waals surface area contributed by atoms with Gasteiger partial charge in [0.1, 0.15) is 17.5 Å². The van der Waals surface area contributed by atoms with Gasteiger partial charge in [-0.2, -0.15) is 14.6 Å². The van der Waals surface area contributed by atoms with Gasteiger partial charge in [0.15, 0.2) is 0 Å². The third kappa shape index (κ3) is 14.1. The van der Waals surface area contributed by atoms with E-state index < -0.39 is 5.95 Å². The predicted octanol–water partition coefficient (Wildman–Crippen LogP) is 3.85. The Morgan fingerprint density at radius 2 is 1.53 bits per heavy atom. The number of hydrogen-bond acceptors (Lipinski definition) is 7. The quantitative estimate of drug-likeness (QED) is 0.180. The Morgan fingerprint density at radius 1 is 0.974 bits per heavy atom. The zero-order valence-electron chi connectivity index (χ0n) is 21.5. The Bertz CT molecular complexity index is 1210. The van der Waals surface area contributed by atoms with Crippen molar-refractivity contribution in [3.05, 3.63) is 72.2 Å². The maximum atomic E-state index is 12.2. The summed E-state index contributed by atoms with van der Waals surface area (Å²) < 4.78 is 22.1. The van der Waals surface area contributed by atoms with Crippen LogP contribution in [-0.2, 0) is 18.8 Å². The molecule has 204 valence electrons. The molecule has 0 saturated carbocycles. The van der Waals surface area contributed by atoms with Crippen molar-refractivity contribution < 1.29 is 40.1 Å². The van der Waals surface area contributed by atoms with Crippen LogP contribution in [0.15, 0.2) is 49.1 Å². The second-order valence-electron chi connectivity index (χ2n) is 7.07. The maximum absolute atomic E-state index is 12.2. The van der Waals surface area contributed by atoms with E-state index in [0.717, 1.165) is 28.4 Å². The first-order valence-corrected chi connectivity index (χ1v) is 13.4. The Labute approximate surface area is 283 Å². The number of anilines is 3. The van der Waals surface area contributed by atoms with E-state index in [1.165, 1.54) is 25.1 Å². The number of hydrogen-bond donors (Lipinski definition) is 2. The summed E-state index contributed by atoms with van der Waals surface area (Å²) in [6.45, 7) is 2.00. The smallest absolute Gasteiger partial charge is 1.00 e. The molecule has 0 aliphatic carbocycles. The van der Waals surface area contributed by atoms with Crippen LogP contribution in [-0.4, -0.2) is 42.7 Å². The van der Waals surface area contributed by atoms with Crippen LogP contribution in [0.1, 0.15) is 21.7 Å². The van der Waals surface area contributed by atoms with Crippen LogP contribution in [0, 0.1) is 13.1 Å². The van der Waals surface area contributed by atoms with Crippen molar-refractivity contribution in [1.29, 1.82) is 0 Å². The Morgan fingerprint density at radius 3 is 1.89 bits per heavy atom. The van der Waals surface area contributed by atoms with E-state index in [1.54, 1.807) is 41.1 Å². The molecular weight excluding hydrogens is 771 g/mol. The molecule has 4 aromatic rings. The molecule has 0 spiro atoms. The molecule has 38 heavy (non-hydrogen) atoms. The fraction of sp³-hybridized carbons (Fsp3) is 0.304. The molecular formula is C23H30Cl2FI2N8NaO. The van der Waals surface area contributed by atoms with Gasteiger partial charge in [-0.05, 0) is 70.2 Å². The monoisotopic (exact) mass is 800 g/mol. The number of aryl methyl sites for hydroxylation is 2. The number of pyridine rings is 2. The van der Waals surface area contributed by atoms with E-state index in [2.05, 4.69) is 48.1 Å². The minimum atomic E-state index is -0.496. The maximum Gasteiger partial charge on any atom is 1.00 e. The van der Waals surface area contributed by atoms with Crippen molar-refractivity contribution in [3.63, 3.8) is 0 Å².